The van der Waals surface area contributed by atoms with Gasteiger partial charge in [0.25, 0.3) is 0 Å². The van der Waals surface area contributed by atoms with Crippen molar-refractivity contribution in [3.8, 4) is 0 Å². The van der Waals surface area contributed by atoms with E-state index in [0.717, 1.165) is 45.3 Å². The molecule has 3 fully saturated rings. The zero-order valence-corrected chi connectivity index (χ0v) is 8.33. The maximum atomic E-state index is 11.3. The van der Waals surface area contributed by atoms with Crippen LogP contribution in [0.1, 0.15) is 32.1 Å². The molecule has 0 amide bonds. The first-order chi connectivity index (χ1) is 6.80. The maximum absolute atomic E-state index is 11.3. The standard InChI is InChI=1S/C11H16O3/c12-9-1-2-10-8(7-9)3-4-11(10)13-5-6-14-11/h8,10H,1-7H2. The van der Waals surface area contributed by atoms with Crippen LogP contribution < -0.4 is 0 Å². The molecule has 2 aliphatic carbocycles. The highest BCUT2D eigenvalue weighted by atomic mass is 16.7. The highest BCUT2D eigenvalue weighted by Gasteiger charge is 2.53. The molecule has 1 saturated heterocycles. The van der Waals surface area contributed by atoms with Crippen LogP contribution in [-0.4, -0.2) is 24.8 Å². The largest absolute Gasteiger partial charge is 0.347 e. The van der Waals surface area contributed by atoms with E-state index in [0.29, 0.717) is 17.6 Å². The van der Waals surface area contributed by atoms with Crippen molar-refractivity contribution in [2.45, 2.75) is 37.9 Å². The van der Waals surface area contributed by atoms with Crippen molar-refractivity contribution in [1.29, 1.82) is 0 Å². The predicted molar refractivity (Wildman–Crippen MR) is 49.7 cm³/mol. The molecule has 0 aromatic heterocycles. The quantitative estimate of drug-likeness (QED) is 0.589. The average Bonchev–Trinajstić information content (AvgIpc) is 2.77. The molecule has 0 bridgehead atoms. The minimum Gasteiger partial charge on any atom is -0.347 e. The number of hydrogen-bond acceptors (Lipinski definition) is 3. The summed E-state index contributed by atoms with van der Waals surface area (Å²) in [5.41, 5.74) is 0. The Hall–Kier alpha value is -0.410. The lowest BCUT2D eigenvalue weighted by atomic mass is 9.79. The third-order valence-corrected chi connectivity index (χ3v) is 4.00. The van der Waals surface area contributed by atoms with Gasteiger partial charge in [-0.1, -0.05) is 0 Å². The molecule has 1 aliphatic heterocycles. The number of rotatable bonds is 0. The van der Waals surface area contributed by atoms with Crippen LogP contribution in [0.5, 0.6) is 0 Å². The molecule has 3 aliphatic rings. The van der Waals surface area contributed by atoms with Gasteiger partial charge in [0.15, 0.2) is 5.79 Å². The molecule has 3 heteroatoms. The van der Waals surface area contributed by atoms with Crippen LogP contribution >= 0.6 is 0 Å². The van der Waals surface area contributed by atoms with Crippen LogP contribution in [0.4, 0.5) is 0 Å². The Bertz CT molecular complexity index is 255. The zero-order chi connectivity index (χ0) is 9.60. The number of hydrogen-bond donors (Lipinski definition) is 0. The molecular weight excluding hydrogens is 180 g/mol. The summed E-state index contributed by atoms with van der Waals surface area (Å²) in [6.45, 7) is 1.47. The third kappa shape index (κ3) is 1.15. The van der Waals surface area contributed by atoms with Crippen molar-refractivity contribution < 1.29 is 14.3 Å². The second-order valence-electron chi connectivity index (χ2n) is 4.70. The first kappa shape index (κ1) is 8.86. The predicted octanol–water partition coefficient (Wildman–Crippen LogP) is 1.51. The van der Waals surface area contributed by atoms with Crippen molar-refractivity contribution in [2.24, 2.45) is 11.8 Å². The summed E-state index contributed by atoms with van der Waals surface area (Å²) >= 11 is 0. The second-order valence-corrected chi connectivity index (χ2v) is 4.70. The van der Waals surface area contributed by atoms with Gasteiger partial charge in [0.1, 0.15) is 5.78 Å². The SMILES string of the molecule is O=C1CCC2C(CCC23OCCO3)C1. The van der Waals surface area contributed by atoms with Crippen LogP contribution in [0.25, 0.3) is 0 Å². The van der Waals surface area contributed by atoms with Gasteiger partial charge in [-0.3, -0.25) is 4.79 Å². The van der Waals surface area contributed by atoms with Crippen molar-refractivity contribution in [3.05, 3.63) is 0 Å². The molecule has 14 heavy (non-hydrogen) atoms. The molecular formula is C11H16O3. The first-order valence-corrected chi connectivity index (χ1v) is 5.60. The highest BCUT2D eigenvalue weighted by Crippen LogP contribution is 2.51. The summed E-state index contributed by atoms with van der Waals surface area (Å²) in [5.74, 6) is 1.17. The molecule has 78 valence electrons. The monoisotopic (exact) mass is 196 g/mol. The highest BCUT2D eigenvalue weighted by molar-refractivity contribution is 5.79. The fraction of sp³-hybridized carbons (Fsp3) is 0.909. The Morgan fingerprint density at radius 2 is 2.00 bits per heavy atom. The summed E-state index contributed by atoms with van der Waals surface area (Å²) in [6.07, 6.45) is 4.57. The van der Waals surface area contributed by atoms with Crippen molar-refractivity contribution in [2.75, 3.05) is 13.2 Å². The summed E-state index contributed by atoms with van der Waals surface area (Å²) in [7, 11) is 0. The van der Waals surface area contributed by atoms with Crippen LogP contribution in [0.3, 0.4) is 0 Å². The molecule has 0 radical (unpaired) electrons. The molecule has 0 N–H and O–H groups in total. The van der Waals surface area contributed by atoms with Gasteiger partial charge < -0.3 is 9.47 Å². The second kappa shape index (κ2) is 3.04. The Kier molecular flexibility index (Phi) is 1.92. The van der Waals surface area contributed by atoms with Crippen molar-refractivity contribution >= 4 is 5.78 Å². The minimum absolute atomic E-state index is 0.286. The Labute approximate surface area is 83.8 Å². The summed E-state index contributed by atoms with van der Waals surface area (Å²) < 4.78 is 11.5. The molecule has 3 nitrogen and oxygen atoms in total. The number of Topliss-reactive ketones (excluding diaryl/α,β-unsaturated/α-hetero) is 1. The first-order valence-electron chi connectivity index (χ1n) is 5.60. The fourth-order valence-corrected chi connectivity index (χ4v) is 3.37. The van der Waals surface area contributed by atoms with Crippen LogP contribution in [-0.2, 0) is 14.3 Å². The third-order valence-electron chi connectivity index (χ3n) is 4.00. The molecule has 2 saturated carbocycles. The van der Waals surface area contributed by atoms with Crippen LogP contribution in [0.2, 0.25) is 0 Å². The number of ketones is 1. The van der Waals surface area contributed by atoms with Gasteiger partial charge in [-0.25, -0.2) is 0 Å². The van der Waals surface area contributed by atoms with E-state index in [2.05, 4.69) is 0 Å². The zero-order valence-electron chi connectivity index (χ0n) is 8.33. The topological polar surface area (TPSA) is 35.5 Å². The van der Waals surface area contributed by atoms with Gasteiger partial charge >= 0.3 is 0 Å². The molecule has 0 aromatic carbocycles. The Balaban J connectivity index is 1.82. The molecule has 2 atom stereocenters. The molecule has 0 aromatic rings. The summed E-state index contributed by atoms with van der Waals surface area (Å²) in [6, 6.07) is 0. The molecule has 1 spiro atoms. The van der Waals surface area contributed by atoms with Gasteiger partial charge in [0.2, 0.25) is 0 Å². The molecule has 2 unspecified atom stereocenters. The van der Waals surface area contributed by atoms with E-state index in [1.807, 2.05) is 0 Å². The van der Waals surface area contributed by atoms with Gasteiger partial charge in [-0.05, 0) is 18.8 Å². The smallest absolute Gasteiger partial charge is 0.171 e. The van der Waals surface area contributed by atoms with Crippen LogP contribution in [0, 0.1) is 11.8 Å². The average molecular weight is 196 g/mol. The lowest BCUT2D eigenvalue weighted by Gasteiger charge is -2.34. The van der Waals surface area contributed by atoms with E-state index in [-0.39, 0.29) is 5.79 Å². The number of fused-ring (bicyclic) bond motifs is 2. The van der Waals surface area contributed by atoms with Crippen molar-refractivity contribution in [1.82, 2.24) is 0 Å². The van der Waals surface area contributed by atoms with Gasteiger partial charge in [-0.2, -0.15) is 0 Å². The Morgan fingerprint density at radius 3 is 2.79 bits per heavy atom. The van der Waals surface area contributed by atoms with E-state index < -0.39 is 0 Å². The van der Waals surface area contributed by atoms with E-state index in [4.69, 9.17) is 9.47 Å². The number of carbonyl (C=O) groups is 1. The lowest BCUT2D eigenvalue weighted by Crippen LogP contribution is -2.39. The minimum atomic E-state index is -0.286. The molecule has 3 rings (SSSR count). The number of ether oxygens (including phenoxy) is 2. The number of carbonyl (C=O) groups excluding carboxylic acids is 1. The van der Waals surface area contributed by atoms with E-state index in [9.17, 15) is 4.79 Å². The van der Waals surface area contributed by atoms with Gasteiger partial charge in [0.05, 0.1) is 13.2 Å². The summed E-state index contributed by atoms with van der Waals surface area (Å²) in [4.78, 5) is 11.3. The lowest BCUT2D eigenvalue weighted by molar-refractivity contribution is -0.190. The maximum Gasteiger partial charge on any atom is 0.171 e. The van der Waals surface area contributed by atoms with Gasteiger partial charge in [-0.15, -0.1) is 0 Å². The molecule has 1 heterocycles. The summed E-state index contributed by atoms with van der Waals surface area (Å²) in [5, 5.41) is 0. The van der Waals surface area contributed by atoms with E-state index in [1.165, 1.54) is 0 Å². The normalized spacial score (nSPS) is 40.4. The van der Waals surface area contributed by atoms with Crippen molar-refractivity contribution in [3.63, 3.8) is 0 Å². The van der Waals surface area contributed by atoms with Gasteiger partial charge in [0, 0.05) is 25.2 Å². The Morgan fingerprint density at radius 1 is 1.21 bits per heavy atom. The van der Waals surface area contributed by atoms with Crippen LogP contribution in [0.15, 0.2) is 0 Å². The van der Waals surface area contributed by atoms with E-state index >= 15 is 0 Å². The fourth-order valence-electron chi connectivity index (χ4n) is 3.37. The van der Waals surface area contributed by atoms with E-state index in [1.54, 1.807) is 0 Å².